The second kappa shape index (κ2) is 8.89. The van der Waals surface area contributed by atoms with Crippen LogP contribution in [0.15, 0.2) is 48.5 Å². The molecule has 6 nitrogen and oxygen atoms in total. The summed E-state index contributed by atoms with van der Waals surface area (Å²) in [5.41, 5.74) is 2.35. The molecule has 1 aliphatic rings. The van der Waals surface area contributed by atoms with Gasteiger partial charge in [-0.25, -0.2) is 4.79 Å². The maximum atomic E-state index is 12.5. The summed E-state index contributed by atoms with van der Waals surface area (Å²) in [4.78, 5) is 38.5. The Balaban J connectivity index is 1.53. The first-order valence-electron chi connectivity index (χ1n) is 9.07. The average Bonchev–Trinajstić information content (AvgIpc) is 2.71. The highest BCUT2D eigenvalue weighted by Crippen LogP contribution is 2.26. The Kier molecular flexibility index (Phi) is 6.31. The first kappa shape index (κ1) is 19.9. The zero-order chi connectivity index (χ0) is 20.1. The minimum absolute atomic E-state index is 0.281. The number of anilines is 1. The summed E-state index contributed by atoms with van der Waals surface area (Å²) in [5, 5.41) is 3.07. The number of aryl methyl sites for hydroxylation is 1. The molecule has 0 bridgehead atoms. The Morgan fingerprint density at radius 3 is 2.61 bits per heavy atom. The van der Waals surface area contributed by atoms with Crippen molar-refractivity contribution < 1.29 is 19.1 Å². The molecule has 1 aliphatic heterocycles. The van der Waals surface area contributed by atoms with E-state index in [9.17, 15) is 14.4 Å². The summed E-state index contributed by atoms with van der Waals surface area (Å²) < 4.78 is 5.12. The van der Waals surface area contributed by atoms with Gasteiger partial charge < -0.3 is 15.0 Å². The van der Waals surface area contributed by atoms with Gasteiger partial charge >= 0.3 is 5.97 Å². The lowest BCUT2D eigenvalue weighted by molar-refractivity contribution is -0.149. The van der Waals surface area contributed by atoms with Crippen molar-refractivity contribution in [3.8, 4) is 0 Å². The van der Waals surface area contributed by atoms with Gasteiger partial charge in [-0.3, -0.25) is 9.59 Å². The number of ether oxygens (including phenoxy) is 1. The molecular weight excluding hydrogens is 380 g/mol. The second-order valence-corrected chi connectivity index (χ2v) is 7.02. The Morgan fingerprint density at radius 2 is 1.86 bits per heavy atom. The molecule has 1 heterocycles. The quantitative estimate of drug-likeness (QED) is 0.783. The maximum absolute atomic E-state index is 12.5. The second-order valence-electron chi connectivity index (χ2n) is 6.59. The van der Waals surface area contributed by atoms with E-state index in [2.05, 4.69) is 5.32 Å². The van der Waals surface area contributed by atoms with Gasteiger partial charge in [0.05, 0.1) is 0 Å². The van der Waals surface area contributed by atoms with Crippen LogP contribution in [0.25, 0.3) is 0 Å². The number of benzene rings is 2. The summed E-state index contributed by atoms with van der Waals surface area (Å²) in [6.07, 6.45) is 1.79. The number of nitrogens with zero attached hydrogens (tertiary/aromatic N) is 1. The Labute approximate surface area is 168 Å². The van der Waals surface area contributed by atoms with Gasteiger partial charge in [-0.05, 0) is 55.7 Å². The van der Waals surface area contributed by atoms with Crippen LogP contribution in [0.1, 0.15) is 29.3 Å². The van der Waals surface area contributed by atoms with E-state index in [1.165, 1.54) is 6.92 Å². The SMILES string of the molecule is C[C@H](NC(=O)c1ccc(Cl)cc1)C(=O)OCC(=O)N1CCCc2ccccc21. The summed E-state index contributed by atoms with van der Waals surface area (Å²) in [5.74, 6) is -1.37. The Morgan fingerprint density at radius 1 is 1.14 bits per heavy atom. The van der Waals surface area contributed by atoms with Gasteiger partial charge in [-0.15, -0.1) is 0 Å². The molecule has 7 heteroatoms. The minimum Gasteiger partial charge on any atom is -0.454 e. The number of carbonyl (C=O) groups is 3. The minimum atomic E-state index is -0.885. The standard InChI is InChI=1S/C21H21ClN2O4/c1-14(23-20(26)16-8-10-17(22)11-9-16)21(27)28-13-19(25)24-12-4-6-15-5-2-3-7-18(15)24/h2-3,5,7-11,14H,4,6,12-13H2,1H3,(H,23,26)/t14-/m0/s1. The molecule has 0 aliphatic carbocycles. The third-order valence-electron chi connectivity index (χ3n) is 4.56. The molecule has 0 unspecified atom stereocenters. The highest BCUT2D eigenvalue weighted by molar-refractivity contribution is 6.30. The van der Waals surface area contributed by atoms with Gasteiger partial charge in [-0.1, -0.05) is 29.8 Å². The predicted octanol–water partition coefficient (Wildman–Crippen LogP) is 2.98. The molecule has 0 aromatic heterocycles. The summed E-state index contributed by atoms with van der Waals surface area (Å²) >= 11 is 5.80. The lowest BCUT2D eigenvalue weighted by atomic mass is 10.0. The molecule has 0 saturated heterocycles. The van der Waals surface area contributed by atoms with Crippen molar-refractivity contribution in [1.82, 2.24) is 5.32 Å². The number of hydrogen-bond donors (Lipinski definition) is 1. The molecule has 3 rings (SSSR count). The van der Waals surface area contributed by atoms with Gasteiger partial charge in [0.25, 0.3) is 11.8 Å². The lowest BCUT2D eigenvalue weighted by Gasteiger charge is -2.29. The van der Waals surface area contributed by atoms with E-state index >= 15 is 0 Å². The van der Waals surface area contributed by atoms with Gasteiger partial charge in [0.2, 0.25) is 0 Å². The van der Waals surface area contributed by atoms with Crippen LogP contribution in [0.2, 0.25) is 5.02 Å². The number of halogens is 1. The number of para-hydroxylation sites is 1. The lowest BCUT2D eigenvalue weighted by Crippen LogP contribution is -2.42. The first-order chi connectivity index (χ1) is 13.5. The van der Waals surface area contributed by atoms with Gasteiger partial charge in [0, 0.05) is 22.8 Å². The van der Waals surface area contributed by atoms with Crippen molar-refractivity contribution in [2.75, 3.05) is 18.1 Å². The molecule has 0 fully saturated rings. The van der Waals surface area contributed by atoms with Gasteiger partial charge in [0.1, 0.15) is 6.04 Å². The Hall–Kier alpha value is -2.86. The van der Waals surface area contributed by atoms with Gasteiger partial charge in [-0.2, -0.15) is 0 Å². The smallest absolute Gasteiger partial charge is 0.328 e. The largest absolute Gasteiger partial charge is 0.454 e. The molecule has 1 atom stereocenters. The van der Waals surface area contributed by atoms with E-state index in [1.807, 2.05) is 24.3 Å². The fraction of sp³-hybridized carbons (Fsp3) is 0.286. The molecule has 2 amide bonds. The van der Waals surface area contributed by atoms with Crippen molar-refractivity contribution in [2.24, 2.45) is 0 Å². The summed E-state index contributed by atoms with van der Waals surface area (Å²) in [7, 11) is 0. The molecule has 0 saturated carbocycles. The summed E-state index contributed by atoms with van der Waals surface area (Å²) in [6, 6.07) is 13.1. The number of rotatable bonds is 5. The molecule has 0 radical (unpaired) electrons. The van der Waals surface area contributed by atoms with E-state index in [-0.39, 0.29) is 12.5 Å². The zero-order valence-electron chi connectivity index (χ0n) is 15.5. The molecule has 1 N–H and O–H groups in total. The van der Waals surface area contributed by atoms with Crippen LogP contribution in [0.4, 0.5) is 5.69 Å². The fourth-order valence-electron chi connectivity index (χ4n) is 3.07. The van der Waals surface area contributed by atoms with E-state index in [0.29, 0.717) is 17.1 Å². The van der Waals surface area contributed by atoms with Crippen molar-refractivity contribution >= 4 is 35.1 Å². The normalized spacial score (nSPS) is 14.0. The number of hydrogen-bond acceptors (Lipinski definition) is 4. The van der Waals surface area contributed by atoms with E-state index in [1.54, 1.807) is 29.2 Å². The van der Waals surface area contributed by atoms with Crippen molar-refractivity contribution in [1.29, 1.82) is 0 Å². The summed E-state index contributed by atoms with van der Waals surface area (Å²) in [6.45, 7) is 1.74. The predicted molar refractivity (Wildman–Crippen MR) is 106 cm³/mol. The Bertz CT molecular complexity index is 882. The third-order valence-corrected chi connectivity index (χ3v) is 4.81. The first-order valence-corrected chi connectivity index (χ1v) is 9.45. The van der Waals surface area contributed by atoms with Crippen LogP contribution < -0.4 is 10.2 Å². The zero-order valence-corrected chi connectivity index (χ0v) is 16.2. The average molecular weight is 401 g/mol. The third kappa shape index (κ3) is 4.70. The molecule has 0 spiro atoms. The van der Waals surface area contributed by atoms with E-state index < -0.39 is 17.9 Å². The van der Waals surface area contributed by atoms with E-state index in [4.69, 9.17) is 16.3 Å². The monoisotopic (exact) mass is 400 g/mol. The number of carbonyl (C=O) groups excluding carboxylic acids is 3. The molecule has 28 heavy (non-hydrogen) atoms. The van der Waals surface area contributed by atoms with E-state index in [0.717, 1.165) is 24.1 Å². The van der Waals surface area contributed by atoms with Gasteiger partial charge in [0.15, 0.2) is 6.61 Å². The molecular formula is C21H21ClN2O4. The van der Waals surface area contributed by atoms with Crippen LogP contribution in [-0.2, 0) is 20.7 Å². The number of amides is 2. The number of fused-ring (bicyclic) bond motifs is 1. The molecule has 2 aromatic rings. The molecule has 146 valence electrons. The fourth-order valence-corrected chi connectivity index (χ4v) is 3.19. The van der Waals surface area contributed by atoms with Crippen molar-refractivity contribution in [3.05, 3.63) is 64.7 Å². The molecule has 2 aromatic carbocycles. The van der Waals surface area contributed by atoms with Crippen molar-refractivity contribution in [3.63, 3.8) is 0 Å². The maximum Gasteiger partial charge on any atom is 0.328 e. The highest BCUT2D eigenvalue weighted by Gasteiger charge is 2.24. The van der Waals surface area contributed by atoms with Crippen molar-refractivity contribution in [2.45, 2.75) is 25.8 Å². The highest BCUT2D eigenvalue weighted by atomic mass is 35.5. The van der Waals surface area contributed by atoms with Crippen LogP contribution in [0.5, 0.6) is 0 Å². The van der Waals surface area contributed by atoms with Crippen LogP contribution in [0, 0.1) is 0 Å². The van der Waals surface area contributed by atoms with Crippen LogP contribution in [-0.4, -0.2) is 37.0 Å². The number of nitrogens with one attached hydrogen (secondary N) is 1. The van der Waals surface area contributed by atoms with Crippen LogP contribution in [0.3, 0.4) is 0 Å². The topological polar surface area (TPSA) is 75.7 Å². The number of esters is 1. The van der Waals surface area contributed by atoms with Crippen LogP contribution >= 0.6 is 11.6 Å².